The van der Waals surface area contributed by atoms with Gasteiger partial charge in [-0.1, -0.05) is 24.7 Å². The number of rotatable bonds is 7. The molecule has 2 aromatic rings. The summed E-state index contributed by atoms with van der Waals surface area (Å²) in [5, 5.41) is 24.6. The van der Waals surface area contributed by atoms with Gasteiger partial charge in [0.2, 0.25) is 5.82 Å². The Hall–Kier alpha value is -2.16. The molecule has 0 aliphatic carbocycles. The first-order valence-electron chi connectivity index (χ1n) is 6.11. The number of fused-ring (bicyclic) bond motifs is 1. The third-order valence-corrected chi connectivity index (χ3v) is 3.67. The molecule has 0 fully saturated rings. The summed E-state index contributed by atoms with van der Waals surface area (Å²) < 4.78 is 1.38. The number of hydrogen-bond acceptors (Lipinski definition) is 6. The van der Waals surface area contributed by atoms with Gasteiger partial charge in [-0.2, -0.15) is 9.38 Å². The Morgan fingerprint density at radius 2 is 2.45 bits per heavy atom. The first-order valence-corrected chi connectivity index (χ1v) is 6.99. The quantitative estimate of drug-likeness (QED) is 0.599. The van der Waals surface area contributed by atoms with E-state index in [1.54, 1.807) is 11.6 Å². The highest BCUT2D eigenvalue weighted by Gasteiger charge is 2.25. The number of aliphatic carboxylic acids is 1. The maximum absolute atomic E-state index is 11.1. The summed E-state index contributed by atoms with van der Waals surface area (Å²) >= 11 is 1.28. The molecule has 2 N–H and O–H groups in total. The smallest absolute Gasteiger partial charge is 0.372 e. The molecule has 0 aromatic carbocycles. The van der Waals surface area contributed by atoms with Gasteiger partial charge in [-0.05, 0) is 11.3 Å². The number of carboxylic acids is 1. The minimum absolute atomic E-state index is 0.115. The molecule has 0 aliphatic heterocycles. The summed E-state index contributed by atoms with van der Waals surface area (Å²) in [6.45, 7) is 2.01. The first-order chi connectivity index (χ1) is 9.54. The standard InChI is InChI=1S/C11H14N4O4S/c1-2-3-7(10(16)17)6-12-8-9(15(18)19)14-4-5-20-11(14)13-8/h4-5,7,12H,2-3,6H2,1H3,(H,16,17). The van der Waals surface area contributed by atoms with Gasteiger partial charge in [0.15, 0.2) is 0 Å². The minimum Gasteiger partial charge on any atom is -0.481 e. The van der Waals surface area contributed by atoms with Gasteiger partial charge >= 0.3 is 11.8 Å². The normalized spacial score (nSPS) is 12.4. The van der Waals surface area contributed by atoms with E-state index >= 15 is 0 Å². The molecule has 20 heavy (non-hydrogen) atoms. The first kappa shape index (κ1) is 14.3. The number of anilines is 1. The molecule has 9 heteroatoms. The van der Waals surface area contributed by atoms with Gasteiger partial charge in [-0.15, -0.1) is 0 Å². The van der Waals surface area contributed by atoms with Crippen molar-refractivity contribution in [3.63, 3.8) is 0 Å². The molecule has 0 saturated carbocycles. The Morgan fingerprint density at radius 1 is 1.70 bits per heavy atom. The van der Waals surface area contributed by atoms with E-state index in [1.165, 1.54) is 15.7 Å². The van der Waals surface area contributed by atoms with Crippen LogP contribution >= 0.6 is 11.3 Å². The maximum atomic E-state index is 11.1. The van der Waals surface area contributed by atoms with Gasteiger partial charge in [0.1, 0.15) is 6.20 Å². The van der Waals surface area contributed by atoms with E-state index in [2.05, 4.69) is 10.3 Å². The second-order valence-corrected chi connectivity index (χ2v) is 5.17. The lowest BCUT2D eigenvalue weighted by atomic mass is 10.0. The fourth-order valence-corrected chi connectivity index (χ4v) is 2.66. The summed E-state index contributed by atoms with van der Waals surface area (Å²) in [7, 11) is 0. The SMILES string of the molecule is CCCC(CNc1nc2sccn2c1[N+](=O)[O-])C(=O)O. The number of nitrogens with one attached hydrogen (secondary N) is 1. The molecule has 2 rings (SSSR count). The van der Waals surface area contributed by atoms with Crippen LogP contribution in [0, 0.1) is 16.0 Å². The van der Waals surface area contributed by atoms with Gasteiger partial charge in [-0.3, -0.25) is 4.79 Å². The van der Waals surface area contributed by atoms with E-state index in [1.807, 2.05) is 6.92 Å². The van der Waals surface area contributed by atoms with Crippen molar-refractivity contribution < 1.29 is 14.8 Å². The lowest BCUT2D eigenvalue weighted by molar-refractivity contribution is -0.389. The van der Waals surface area contributed by atoms with Crippen LogP contribution in [0.15, 0.2) is 11.6 Å². The topological polar surface area (TPSA) is 110 Å². The van der Waals surface area contributed by atoms with E-state index in [0.717, 1.165) is 6.42 Å². The Kier molecular flexibility index (Phi) is 4.18. The molecule has 0 radical (unpaired) electrons. The Labute approximate surface area is 118 Å². The molecule has 0 aliphatic rings. The van der Waals surface area contributed by atoms with Crippen LogP contribution in [0.1, 0.15) is 19.8 Å². The number of nitro groups is 1. The molecule has 1 atom stereocenters. The predicted octanol–water partition coefficient (Wildman–Crippen LogP) is 2.22. The van der Waals surface area contributed by atoms with Gasteiger partial charge < -0.3 is 20.5 Å². The number of imidazole rings is 1. The van der Waals surface area contributed by atoms with E-state index in [-0.39, 0.29) is 18.2 Å². The van der Waals surface area contributed by atoms with Crippen molar-refractivity contribution in [2.75, 3.05) is 11.9 Å². The van der Waals surface area contributed by atoms with Crippen molar-refractivity contribution >= 4 is 33.9 Å². The van der Waals surface area contributed by atoms with Crippen LogP contribution in [0.2, 0.25) is 0 Å². The summed E-state index contributed by atoms with van der Waals surface area (Å²) in [4.78, 5) is 26.2. The number of aromatic nitrogens is 2. The van der Waals surface area contributed by atoms with E-state index in [4.69, 9.17) is 5.11 Å². The second kappa shape index (κ2) is 5.87. The zero-order valence-electron chi connectivity index (χ0n) is 10.8. The number of thiazole rings is 1. The number of carbonyl (C=O) groups is 1. The van der Waals surface area contributed by atoms with Crippen LogP contribution in [0.3, 0.4) is 0 Å². The summed E-state index contributed by atoms with van der Waals surface area (Å²) in [6, 6.07) is 0. The second-order valence-electron chi connectivity index (χ2n) is 4.30. The third-order valence-electron chi connectivity index (χ3n) is 2.91. The average Bonchev–Trinajstić information content (AvgIpc) is 2.92. The largest absolute Gasteiger partial charge is 0.481 e. The van der Waals surface area contributed by atoms with Crippen molar-refractivity contribution in [1.82, 2.24) is 9.38 Å². The molecule has 0 amide bonds. The van der Waals surface area contributed by atoms with Crippen LogP contribution in [-0.2, 0) is 4.79 Å². The molecule has 2 heterocycles. The van der Waals surface area contributed by atoms with E-state index in [0.29, 0.717) is 11.4 Å². The van der Waals surface area contributed by atoms with Crippen molar-refractivity contribution in [3.05, 3.63) is 21.7 Å². The van der Waals surface area contributed by atoms with E-state index in [9.17, 15) is 14.9 Å². The lowest BCUT2D eigenvalue weighted by Crippen LogP contribution is -2.23. The van der Waals surface area contributed by atoms with Crippen molar-refractivity contribution in [2.45, 2.75) is 19.8 Å². The predicted molar refractivity (Wildman–Crippen MR) is 74.2 cm³/mol. The highest BCUT2D eigenvalue weighted by Crippen LogP contribution is 2.28. The molecular weight excluding hydrogens is 284 g/mol. The molecule has 2 aromatic heterocycles. The van der Waals surface area contributed by atoms with Gasteiger partial charge in [0.25, 0.3) is 4.96 Å². The van der Waals surface area contributed by atoms with Crippen molar-refractivity contribution in [3.8, 4) is 0 Å². The van der Waals surface area contributed by atoms with Crippen molar-refractivity contribution in [1.29, 1.82) is 0 Å². The molecule has 0 bridgehead atoms. The fraction of sp³-hybridized carbons (Fsp3) is 0.455. The van der Waals surface area contributed by atoms with Crippen LogP contribution in [0.5, 0.6) is 0 Å². The number of carboxylic acid groups (broad SMARTS) is 1. The summed E-state index contributed by atoms with van der Waals surface area (Å²) in [5.74, 6) is -1.55. The average molecular weight is 298 g/mol. The monoisotopic (exact) mass is 298 g/mol. The summed E-state index contributed by atoms with van der Waals surface area (Å²) in [6.07, 6.45) is 2.81. The van der Waals surface area contributed by atoms with Crippen LogP contribution in [-0.4, -0.2) is 31.9 Å². The highest BCUT2D eigenvalue weighted by molar-refractivity contribution is 7.15. The van der Waals surface area contributed by atoms with Crippen LogP contribution < -0.4 is 5.32 Å². The van der Waals surface area contributed by atoms with Crippen molar-refractivity contribution in [2.24, 2.45) is 5.92 Å². The summed E-state index contributed by atoms with van der Waals surface area (Å²) in [5.41, 5.74) is 0. The fourth-order valence-electron chi connectivity index (χ4n) is 1.95. The van der Waals surface area contributed by atoms with Gasteiger partial charge in [0.05, 0.1) is 5.92 Å². The molecule has 8 nitrogen and oxygen atoms in total. The van der Waals surface area contributed by atoms with E-state index < -0.39 is 16.8 Å². The Balaban J connectivity index is 2.20. The Morgan fingerprint density at radius 3 is 3.05 bits per heavy atom. The molecular formula is C11H14N4O4S. The van der Waals surface area contributed by atoms with Gasteiger partial charge in [0, 0.05) is 11.9 Å². The number of hydrogen-bond donors (Lipinski definition) is 2. The zero-order valence-corrected chi connectivity index (χ0v) is 11.6. The molecule has 0 spiro atoms. The molecule has 108 valence electrons. The number of nitrogens with zero attached hydrogens (tertiary/aromatic N) is 3. The lowest BCUT2D eigenvalue weighted by Gasteiger charge is -2.11. The maximum Gasteiger partial charge on any atom is 0.372 e. The minimum atomic E-state index is -0.914. The van der Waals surface area contributed by atoms with Gasteiger partial charge in [-0.25, -0.2) is 0 Å². The Bertz CT molecular complexity index is 635. The zero-order chi connectivity index (χ0) is 14.7. The van der Waals surface area contributed by atoms with Crippen LogP contribution in [0.4, 0.5) is 11.6 Å². The molecule has 1 unspecified atom stereocenters. The van der Waals surface area contributed by atoms with Crippen LogP contribution in [0.25, 0.3) is 4.96 Å². The molecule has 0 saturated heterocycles. The third kappa shape index (κ3) is 2.72. The highest BCUT2D eigenvalue weighted by atomic mass is 32.1.